The predicted octanol–water partition coefficient (Wildman–Crippen LogP) is 8.73. The molecule has 0 N–H and O–H groups in total. The van der Waals surface area contributed by atoms with Crippen LogP contribution in [-0.2, 0) is 18.1 Å². The molecule has 0 bridgehead atoms. The smallest absolute Gasteiger partial charge is 0.207 e. The van der Waals surface area contributed by atoms with Crippen molar-refractivity contribution in [1.29, 1.82) is 0 Å². The molecule has 4 nitrogen and oxygen atoms in total. The Morgan fingerprint density at radius 1 is 0.543 bits per heavy atom. The highest BCUT2D eigenvalue weighted by Crippen LogP contribution is 2.37. The van der Waals surface area contributed by atoms with Gasteiger partial charge in [-0.05, 0) is 48.5 Å². The topological polar surface area (TPSA) is 68.3 Å². The molecule has 6 rings (SSSR count). The zero-order valence-electron chi connectivity index (χ0n) is 17.4. The second-order valence-corrected chi connectivity index (χ2v) is 15.7. The van der Waals surface area contributed by atoms with Gasteiger partial charge in [-0.1, -0.05) is 46.3 Å². The summed E-state index contributed by atoms with van der Waals surface area (Å²) < 4.78 is 50.3. The van der Waals surface area contributed by atoms with Crippen LogP contribution in [0.2, 0.25) is 0 Å². The van der Waals surface area contributed by atoms with Gasteiger partial charge in [-0.25, -0.2) is 16.8 Å². The Morgan fingerprint density at radius 2 is 1.03 bits per heavy atom. The minimum Gasteiger partial charge on any atom is -0.207 e. The van der Waals surface area contributed by atoms with Crippen molar-refractivity contribution in [2.75, 3.05) is 0 Å². The third-order valence-electron chi connectivity index (χ3n) is 5.32. The van der Waals surface area contributed by atoms with Crippen LogP contribution in [0.3, 0.4) is 0 Å². The van der Waals surface area contributed by atoms with Crippen molar-refractivity contribution >= 4 is 118 Å². The van der Waals surface area contributed by atoms with E-state index < -0.39 is 18.1 Å². The van der Waals surface area contributed by atoms with Crippen molar-refractivity contribution in [3.63, 3.8) is 0 Å². The van der Waals surface area contributed by atoms with Gasteiger partial charge in [0.25, 0.3) is 18.1 Å². The van der Waals surface area contributed by atoms with Crippen LogP contribution in [0.4, 0.5) is 0 Å². The molecule has 2 aromatic heterocycles. The number of hydrogen-bond donors (Lipinski definition) is 0. The van der Waals surface area contributed by atoms with Crippen LogP contribution in [0.5, 0.6) is 0 Å². The van der Waals surface area contributed by atoms with Crippen molar-refractivity contribution in [2.45, 2.75) is 9.79 Å². The van der Waals surface area contributed by atoms with Crippen LogP contribution in [-0.4, -0.2) is 16.8 Å². The van der Waals surface area contributed by atoms with E-state index in [1.165, 1.54) is 6.07 Å². The molecule has 0 spiro atoms. The van der Waals surface area contributed by atoms with Crippen LogP contribution >= 0.6 is 60.0 Å². The molecule has 11 heteroatoms. The molecule has 35 heavy (non-hydrogen) atoms. The minimum absolute atomic E-state index is 0.141. The highest BCUT2D eigenvalue weighted by molar-refractivity contribution is 9.10. The zero-order valence-corrected chi connectivity index (χ0v) is 23.8. The first-order chi connectivity index (χ1) is 16.5. The summed E-state index contributed by atoms with van der Waals surface area (Å²) in [5.74, 6) is 0. The summed E-state index contributed by atoms with van der Waals surface area (Å²) in [4.78, 5) is 0.292. The quantitative estimate of drug-likeness (QED) is 0.177. The normalized spacial score (nSPS) is 12.3. The Kier molecular flexibility index (Phi) is 6.63. The number of benzene rings is 4. The molecule has 0 radical (unpaired) electrons. The fourth-order valence-corrected chi connectivity index (χ4v) is 8.07. The van der Waals surface area contributed by atoms with Crippen molar-refractivity contribution in [2.24, 2.45) is 0 Å². The maximum absolute atomic E-state index is 11.3. The van der Waals surface area contributed by atoms with Crippen molar-refractivity contribution in [3.8, 4) is 0 Å². The lowest BCUT2D eigenvalue weighted by atomic mass is 10.1. The van der Waals surface area contributed by atoms with E-state index in [2.05, 4.69) is 15.9 Å². The maximum Gasteiger partial charge on any atom is 0.261 e. The summed E-state index contributed by atoms with van der Waals surface area (Å²) >= 11 is 6.56. The summed E-state index contributed by atoms with van der Waals surface area (Å²) in [7, 11) is 3.36. The Hall–Kier alpha value is -1.72. The fourth-order valence-electron chi connectivity index (χ4n) is 3.74. The molecule has 0 saturated carbocycles. The van der Waals surface area contributed by atoms with Crippen LogP contribution < -0.4 is 0 Å². The summed E-state index contributed by atoms with van der Waals surface area (Å²) in [6.07, 6.45) is 0. The van der Waals surface area contributed by atoms with Crippen LogP contribution in [0.1, 0.15) is 0 Å². The van der Waals surface area contributed by atoms with Crippen LogP contribution in [0.15, 0.2) is 93.1 Å². The van der Waals surface area contributed by atoms with E-state index in [1.807, 2.05) is 48.5 Å². The van der Waals surface area contributed by atoms with Gasteiger partial charge in [0.05, 0.1) is 9.79 Å². The van der Waals surface area contributed by atoms with Crippen LogP contribution in [0.25, 0.3) is 40.3 Å². The standard InChI is InChI=1S/C12H6BrClO2S2.C12H7ClO2S2/c13-7-1-4-11-10(5-7)9-3-2-8(18(14,15)16)6-12(9)17-11;13-17(14,15)8-5-6-10-9-3-1-2-4-11(9)16-12(10)7-8/h1-6H;1-7H. The molecule has 0 fully saturated rings. The van der Waals surface area contributed by atoms with Gasteiger partial charge in [0.2, 0.25) is 0 Å². The van der Waals surface area contributed by atoms with Gasteiger partial charge in [0.15, 0.2) is 0 Å². The summed E-state index contributed by atoms with van der Waals surface area (Å²) in [5.41, 5.74) is 0. The highest BCUT2D eigenvalue weighted by Gasteiger charge is 2.14. The Morgan fingerprint density at radius 3 is 1.60 bits per heavy atom. The number of hydrogen-bond acceptors (Lipinski definition) is 6. The maximum atomic E-state index is 11.3. The lowest BCUT2D eigenvalue weighted by molar-refractivity contribution is 0.608. The minimum atomic E-state index is -3.67. The molecule has 0 aliphatic rings. The first kappa shape index (κ1) is 25.0. The second-order valence-electron chi connectivity index (χ2n) is 7.53. The number of halogens is 3. The molecule has 0 aliphatic heterocycles. The molecule has 2 heterocycles. The van der Waals surface area contributed by atoms with Crippen molar-refractivity contribution < 1.29 is 16.8 Å². The molecule has 0 unspecified atom stereocenters. The average molecular weight is 644 g/mol. The Bertz CT molecular complexity index is 1980. The van der Waals surface area contributed by atoms with Crippen LogP contribution in [0, 0.1) is 0 Å². The van der Waals surface area contributed by atoms with Gasteiger partial charge >= 0.3 is 0 Å². The second kappa shape index (κ2) is 9.30. The summed E-state index contributed by atoms with van der Waals surface area (Å²) in [6, 6.07) is 24.0. The molecule has 0 saturated heterocycles. The average Bonchev–Trinajstić information content (AvgIpc) is 3.35. The van der Waals surface area contributed by atoms with Gasteiger partial charge in [0.1, 0.15) is 0 Å². The molecule has 4 aromatic carbocycles. The molecule has 0 amide bonds. The van der Waals surface area contributed by atoms with Gasteiger partial charge in [0, 0.05) is 66.2 Å². The number of thiophene rings is 2. The lowest BCUT2D eigenvalue weighted by Gasteiger charge is -1.96. The molecule has 178 valence electrons. The molecule has 0 atom stereocenters. The predicted molar refractivity (Wildman–Crippen MR) is 152 cm³/mol. The monoisotopic (exact) mass is 642 g/mol. The molecular formula is C24H13BrCl2O4S4. The molecular weight excluding hydrogens is 631 g/mol. The third kappa shape index (κ3) is 5.09. The van der Waals surface area contributed by atoms with Gasteiger partial charge in [-0.3, -0.25) is 0 Å². The lowest BCUT2D eigenvalue weighted by Crippen LogP contribution is -1.88. The molecule has 6 aromatic rings. The van der Waals surface area contributed by atoms with Crippen molar-refractivity contribution in [1.82, 2.24) is 0 Å². The van der Waals surface area contributed by atoms with E-state index in [1.54, 1.807) is 46.9 Å². The summed E-state index contributed by atoms with van der Waals surface area (Å²) in [5, 5.41) is 4.36. The van der Waals surface area contributed by atoms with E-state index in [4.69, 9.17) is 21.4 Å². The van der Waals surface area contributed by atoms with E-state index >= 15 is 0 Å². The van der Waals surface area contributed by atoms with E-state index in [0.717, 1.165) is 44.8 Å². The largest absolute Gasteiger partial charge is 0.261 e. The SMILES string of the molecule is O=S(=O)(Cl)c1ccc2c(c1)sc1ccc(Br)cc12.O=S(=O)(Cl)c1ccc2c(c1)sc1ccccc12. The van der Waals surface area contributed by atoms with Gasteiger partial charge < -0.3 is 0 Å². The summed E-state index contributed by atoms with van der Waals surface area (Å²) in [6.45, 7) is 0. The zero-order chi connectivity index (χ0) is 25.0. The van der Waals surface area contributed by atoms with Gasteiger partial charge in [-0.2, -0.15) is 0 Å². The highest BCUT2D eigenvalue weighted by atomic mass is 79.9. The van der Waals surface area contributed by atoms with E-state index in [-0.39, 0.29) is 9.79 Å². The molecule has 0 aliphatic carbocycles. The Balaban J connectivity index is 0.000000145. The van der Waals surface area contributed by atoms with E-state index in [9.17, 15) is 16.8 Å². The number of fused-ring (bicyclic) bond motifs is 6. The van der Waals surface area contributed by atoms with Gasteiger partial charge in [-0.15, -0.1) is 22.7 Å². The first-order valence-corrected chi connectivity index (χ1v) is 17.0. The van der Waals surface area contributed by atoms with Crippen molar-refractivity contribution in [3.05, 3.63) is 83.3 Å². The third-order valence-corrected chi connectivity index (χ3v) is 10.8. The number of rotatable bonds is 2. The first-order valence-electron chi connectivity index (χ1n) is 9.93. The Labute approximate surface area is 226 Å². The van der Waals surface area contributed by atoms with E-state index in [0.29, 0.717) is 0 Å². The fraction of sp³-hybridized carbons (Fsp3) is 0.